The summed E-state index contributed by atoms with van der Waals surface area (Å²) in [5.41, 5.74) is 2.03. The molecule has 0 saturated carbocycles. The molecule has 20 heavy (non-hydrogen) atoms. The zero-order chi connectivity index (χ0) is 15.6. The van der Waals surface area contributed by atoms with Crippen molar-refractivity contribution in [1.82, 2.24) is 10.3 Å². The van der Waals surface area contributed by atoms with Crippen LogP contribution >= 0.6 is 0 Å². The summed E-state index contributed by atoms with van der Waals surface area (Å²) in [4.78, 5) is 4.08. The molecule has 1 aromatic heterocycles. The highest BCUT2D eigenvalue weighted by Gasteiger charge is 2.29. The van der Waals surface area contributed by atoms with Crippen LogP contribution in [0.4, 0.5) is 13.2 Å². The molecule has 0 aromatic carbocycles. The van der Waals surface area contributed by atoms with Crippen LogP contribution in [0.3, 0.4) is 0 Å². The van der Waals surface area contributed by atoms with Gasteiger partial charge in [-0.3, -0.25) is 0 Å². The lowest BCUT2D eigenvalue weighted by molar-refractivity contribution is -0.154. The molecule has 1 rings (SSSR count). The van der Waals surface area contributed by atoms with Crippen LogP contribution in [0.2, 0.25) is 0 Å². The van der Waals surface area contributed by atoms with Crippen LogP contribution in [-0.2, 0) is 6.54 Å². The number of nitrogens with zero attached hydrogens (tertiary/aromatic N) is 1. The Labute approximate surface area is 117 Å². The first-order valence-electron chi connectivity index (χ1n) is 6.39. The van der Waals surface area contributed by atoms with Crippen LogP contribution in [0.15, 0.2) is 6.07 Å². The Balaban J connectivity index is 2.96. The highest BCUT2D eigenvalue weighted by molar-refractivity contribution is 5.36. The number of halogens is 3. The van der Waals surface area contributed by atoms with Crippen molar-refractivity contribution in [2.45, 2.75) is 52.9 Å². The van der Waals surface area contributed by atoms with Gasteiger partial charge in [0.05, 0.1) is 0 Å². The second-order valence-electron chi connectivity index (χ2n) is 5.87. The predicted octanol–water partition coefficient (Wildman–Crippen LogP) is 3.53. The third-order valence-electron chi connectivity index (χ3n) is 2.61. The smallest absolute Gasteiger partial charge is 0.422 e. The molecule has 0 saturated heterocycles. The molecule has 114 valence electrons. The van der Waals surface area contributed by atoms with Crippen molar-refractivity contribution in [3.05, 3.63) is 22.9 Å². The van der Waals surface area contributed by atoms with Gasteiger partial charge in [-0.15, -0.1) is 0 Å². The summed E-state index contributed by atoms with van der Waals surface area (Å²) in [7, 11) is 0. The van der Waals surface area contributed by atoms with E-state index >= 15 is 0 Å². The molecule has 0 aliphatic carbocycles. The fourth-order valence-electron chi connectivity index (χ4n) is 1.67. The minimum atomic E-state index is -4.37. The van der Waals surface area contributed by atoms with Crippen molar-refractivity contribution in [3.63, 3.8) is 0 Å². The molecule has 1 N–H and O–H groups in total. The molecule has 1 heterocycles. The van der Waals surface area contributed by atoms with E-state index in [-0.39, 0.29) is 11.4 Å². The van der Waals surface area contributed by atoms with Gasteiger partial charge in [-0.2, -0.15) is 13.2 Å². The maximum atomic E-state index is 12.3. The Morgan fingerprint density at radius 1 is 1.20 bits per heavy atom. The zero-order valence-electron chi connectivity index (χ0n) is 12.5. The van der Waals surface area contributed by atoms with E-state index in [1.807, 2.05) is 33.8 Å². The molecule has 0 fully saturated rings. The summed E-state index contributed by atoms with van der Waals surface area (Å²) >= 11 is 0. The molecule has 0 unspecified atom stereocenters. The number of alkyl halides is 3. The molecule has 0 bridgehead atoms. The molecule has 6 heteroatoms. The van der Waals surface area contributed by atoms with Crippen LogP contribution < -0.4 is 10.1 Å². The van der Waals surface area contributed by atoms with Crippen molar-refractivity contribution in [3.8, 4) is 5.88 Å². The van der Waals surface area contributed by atoms with E-state index < -0.39 is 12.8 Å². The van der Waals surface area contributed by atoms with Crippen molar-refractivity contribution >= 4 is 0 Å². The quantitative estimate of drug-likeness (QED) is 0.921. The van der Waals surface area contributed by atoms with Crippen molar-refractivity contribution in [2.24, 2.45) is 0 Å². The van der Waals surface area contributed by atoms with Crippen LogP contribution in [0.1, 0.15) is 37.6 Å². The number of rotatable bonds is 4. The summed E-state index contributed by atoms with van der Waals surface area (Å²) < 4.78 is 41.7. The fourth-order valence-corrected chi connectivity index (χ4v) is 1.67. The first-order valence-corrected chi connectivity index (χ1v) is 6.39. The van der Waals surface area contributed by atoms with E-state index in [1.165, 1.54) is 0 Å². The molecular formula is C14H21F3N2O. The van der Waals surface area contributed by atoms with Crippen LogP contribution in [0.5, 0.6) is 5.88 Å². The predicted molar refractivity (Wildman–Crippen MR) is 71.9 cm³/mol. The van der Waals surface area contributed by atoms with Crippen LogP contribution in [0.25, 0.3) is 0 Å². The van der Waals surface area contributed by atoms with Gasteiger partial charge in [-0.05, 0) is 46.2 Å². The highest BCUT2D eigenvalue weighted by Crippen LogP contribution is 2.24. The third kappa shape index (κ3) is 5.77. The van der Waals surface area contributed by atoms with Gasteiger partial charge in [0.2, 0.25) is 5.88 Å². The minimum absolute atomic E-state index is 0.0524. The number of aromatic nitrogens is 1. The number of nitrogens with one attached hydrogen (secondary N) is 1. The average Bonchev–Trinajstić information content (AvgIpc) is 2.22. The Morgan fingerprint density at radius 2 is 1.80 bits per heavy atom. The summed E-state index contributed by atoms with van der Waals surface area (Å²) in [6.07, 6.45) is -4.37. The lowest BCUT2D eigenvalue weighted by Crippen LogP contribution is -2.35. The maximum absolute atomic E-state index is 12.3. The van der Waals surface area contributed by atoms with Crippen molar-refractivity contribution in [1.29, 1.82) is 0 Å². The van der Waals surface area contributed by atoms with Gasteiger partial charge in [0.1, 0.15) is 0 Å². The van der Waals surface area contributed by atoms with Crippen LogP contribution in [-0.4, -0.2) is 23.3 Å². The van der Waals surface area contributed by atoms with Crippen molar-refractivity contribution in [2.75, 3.05) is 6.61 Å². The fraction of sp³-hybridized carbons (Fsp3) is 0.643. The second kappa shape index (κ2) is 5.99. The molecular weight excluding hydrogens is 269 g/mol. The monoisotopic (exact) mass is 290 g/mol. The summed E-state index contributed by atoms with van der Waals surface area (Å²) in [5, 5.41) is 3.23. The average molecular weight is 290 g/mol. The first kappa shape index (κ1) is 16.8. The number of ether oxygens (including phenoxy) is 1. The zero-order valence-corrected chi connectivity index (χ0v) is 12.5. The molecule has 0 amide bonds. The van der Waals surface area contributed by atoms with Gasteiger partial charge < -0.3 is 10.1 Å². The van der Waals surface area contributed by atoms with Crippen LogP contribution in [0, 0.1) is 13.8 Å². The molecule has 0 aliphatic heterocycles. The number of aryl methyl sites for hydroxylation is 2. The van der Waals surface area contributed by atoms with E-state index in [9.17, 15) is 13.2 Å². The summed E-state index contributed by atoms with van der Waals surface area (Å²) in [6, 6.07) is 1.83. The van der Waals surface area contributed by atoms with E-state index in [0.717, 1.165) is 5.56 Å². The minimum Gasteiger partial charge on any atom is -0.468 e. The van der Waals surface area contributed by atoms with Gasteiger partial charge in [0, 0.05) is 23.3 Å². The normalized spacial score (nSPS) is 12.6. The summed E-state index contributed by atoms with van der Waals surface area (Å²) in [6.45, 7) is 8.62. The Bertz CT molecular complexity index is 465. The number of pyridine rings is 1. The van der Waals surface area contributed by atoms with E-state index in [0.29, 0.717) is 17.8 Å². The van der Waals surface area contributed by atoms with E-state index in [2.05, 4.69) is 10.3 Å². The number of hydrogen-bond donors (Lipinski definition) is 1. The number of hydrogen-bond acceptors (Lipinski definition) is 3. The Morgan fingerprint density at radius 3 is 2.30 bits per heavy atom. The molecule has 1 aromatic rings. The topological polar surface area (TPSA) is 34.1 Å². The molecule has 0 atom stereocenters. The van der Waals surface area contributed by atoms with Gasteiger partial charge in [0.25, 0.3) is 0 Å². The Hall–Kier alpha value is -1.30. The molecule has 3 nitrogen and oxygen atoms in total. The van der Waals surface area contributed by atoms with E-state index in [1.54, 1.807) is 6.92 Å². The lowest BCUT2D eigenvalue weighted by atomic mass is 10.1. The third-order valence-corrected chi connectivity index (χ3v) is 2.61. The standard InChI is InChI=1S/C14H21F3N2O/c1-9-6-10(2)19-12(20-8-14(15,16)17)11(9)7-18-13(3,4)5/h6,18H,7-8H2,1-5H3. The Kier molecular flexibility index (Phi) is 5.02. The second-order valence-corrected chi connectivity index (χ2v) is 5.87. The van der Waals surface area contributed by atoms with E-state index in [4.69, 9.17) is 4.74 Å². The van der Waals surface area contributed by atoms with Gasteiger partial charge in [-0.25, -0.2) is 4.98 Å². The highest BCUT2D eigenvalue weighted by atomic mass is 19.4. The SMILES string of the molecule is Cc1cc(C)c(CNC(C)(C)C)c(OCC(F)(F)F)n1. The molecule has 0 spiro atoms. The summed E-state index contributed by atoms with van der Waals surface area (Å²) in [5.74, 6) is 0.0524. The lowest BCUT2D eigenvalue weighted by Gasteiger charge is -2.22. The van der Waals surface area contributed by atoms with Gasteiger partial charge in [-0.1, -0.05) is 0 Å². The molecule has 0 radical (unpaired) electrons. The van der Waals surface area contributed by atoms with Gasteiger partial charge >= 0.3 is 6.18 Å². The molecule has 0 aliphatic rings. The van der Waals surface area contributed by atoms with Gasteiger partial charge in [0.15, 0.2) is 6.61 Å². The first-order chi connectivity index (χ1) is 8.98. The maximum Gasteiger partial charge on any atom is 0.422 e. The van der Waals surface area contributed by atoms with Crippen molar-refractivity contribution < 1.29 is 17.9 Å². The largest absolute Gasteiger partial charge is 0.468 e.